The van der Waals surface area contributed by atoms with E-state index in [1.807, 2.05) is 73.7 Å². The molecule has 0 saturated heterocycles. The van der Waals surface area contributed by atoms with Crippen molar-refractivity contribution < 1.29 is 9.30 Å². The summed E-state index contributed by atoms with van der Waals surface area (Å²) in [5.74, 6) is 4.97. The number of aromatic nitrogens is 2. The van der Waals surface area contributed by atoms with Crippen LogP contribution in [0.4, 0.5) is 5.82 Å². The number of ether oxygens (including phenoxy) is 1. The van der Waals surface area contributed by atoms with Crippen molar-refractivity contribution in [1.29, 1.82) is 0 Å². The molecule has 0 unspecified atom stereocenters. The number of benzene rings is 2. The molecule has 2 aromatic carbocycles. The first-order chi connectivity index (χ1) is 12.6. The van der Waals surface area contributed by atoms with E-state index in [1.165, 1.54) is 0 Å². The fourth-order valence-corrected chi connectivity index (χ4v) is 4.52. The Morgan fingerprint density at radius 3 is 1.92 bits per heavy atom. The molecule has 0 radical (unpaired) electrons. The maximum atomic E-state index is 13.6. The van der Waals surface area contributed by atoms with E-state index in [9.17, 15) is 4.57 Å². The summed E-state index contributed by atoms with van der Waals surface area (Å²) in [4.78, 5) is 0. The average Bonchev–Trinajstić information content (AvgIpc) is 3.06. The second kappa shape index (κ2) is 6.70. The topological polar surface area (TPSA) is 67.0 Å². The molecule has 0 spiro atoms. The highest BCUT2D eigenvalue weighted by atomic mass is 31.2. The number of rotatable bonds is 4. The summed E-state index contributed by atoms with van der Waals surface area (Å²) in [5, 5.41) is 10.1. The fourth-order valence-electron chi connectivity index (χ4n) is 2.75. The first-order valence-corrected chi connectivity index (χ1v) is 10.1. The highest BCUT2D eigenvalue weighted by Crippen LogP contribution is 2.55. The molecule has 3 aromatic rings. The van der Waals surface area contributed by atoms with Crippen molar-refractivity contribution in [2.75, 3.05) is 5.09 Å². The van der Waals surface area contributed by atoms with Crippen LogP contribution in [0.3, 0.4) is 0 Å². The zero-order valence-electron chi connectivity index (χ0n) is 14.2. The van der Waals surface area contributed by atoms with Crippen molar-refractivity contribution in [3.05, 3.63) is 95.2 Å². The summed E-state index contributed by atoms with van der Waals surface area (Å²) >= 11 is 0. The van der Waals surface area contributed by atoms with Gasteiger partial charge >= 0.3 is 0 Å². The van der Waals surface area contributed by atoms with Gasteiger partial charge in [0.2, 0.25) is 7.29 Å². The lowest BCUT2D eigenvalue weighted by Crippen LogP contribution is -2.03. The molecule has 0 atom stereocenters. The largest absolute Gasteiger partial charge is 0.456 e. The van der Waals surface area contributed by atoms with Crippen LogP contribution < -0.4 is 5.09 Å². The third-order valence-electron chi connectivity index (χ3n) is 3.95. The molecule has 130 valence electrons. The average molecular weight is 363 g/mol. The Morgan fingerprint density at radius 2 is 1.46 bits per heavy atom. The van der Waals surface area contributed by atoms with Crippen molar-refractivity contribution >= 4 is 24.6 Å². The van der Waals surface area contributed by atoms with Crippen molar-refractivity contribution in [2.24, 2.45) is 0 Å². The van der Waals surface area contributed by atoms with Gasteiger partial charge in [-0.25, -0.2) is 0 Å². The molecule has 2 N–H and O–H groups in total. The number of hydrogen-bond donors (Lipinski definition) is 2. The monoisotopic (exact) mass is 363 g/mol. The number of H-pyrrole nitrogens is 1. The first-order valence-electron chi connectivity index (χ1n) is 8.25. The normalized spacial score (nSPS) is 15.6. The molecule has 1 aliphatic rings. The molecule has 5 nitrogen and oxygen atoms in total. The van der Waals surface area contributed by atoms with E-state index in [0.717, 1.165) is 16.8 Å². The van der Waals surface area contributed by atoms with Crippen LogP contribution in [0.5, 0.6) is 0 Å². The number of aryl methyl sites for hydroxylation is 1. The van der Waals surface area contributed by atoms with Crippen LogP contribution in [-0.2, 0) is 9.30 Å². The van der Waals surface area contributed by atoms with Crippen LogP contribution in [-0.4, -0.2) is 10.2 Å². The maximum Gasteiger partial charge on any atom is 0.221 e. The summed E-state index contributed by atoms with van der Waals surface area (Å²) < 4.78 is 19.7. The van der Waals surface area contributed by atoms with Crippen LogP contribution in [0.1, 0.15) is 16.8 Å². The van der Waals surface area contributed by atoms with Crippen molar-refractivity contribution in [1.82, 2.24) is 10.2 Å². The Balaban J connectivity index is 1.77. The second-order valence-electron chi connectivity index (χ2n) is 6.08. The molecule has 0 amide bonds. The molecule has 4 rings (SSSR count). The SMILES string of the molecule is Cc1cc(NP2(=O)C=C(c3ccccc3)OC(c3ccccc3)=C2)n[nH]1. The number of aromatic amines is 1. The van der Waals surface area contributed by atoms with E-state index in [0.29, 0.717) is 17.3 Å². The molecule has 0 fully saturated rings. The summed E-state index contributed by atoms with van der Waals surface area (Å²) in [6.45, 7) is 1.90. The highest BCUT2D eigenvalue weighted by molar-refractivity contribution is 7.72. The van der Waals surface area contributed by atoms with E-state index in [2.05, 4.69) is 15.3 Å². The molecule has 0 bridgehead atoms. The van der Waals surface area contributed by atoms with E-state index in [4.69, 9.17) is 4.74 Å². The van der Waals surface area contributed by atoms with Gasteiger partial charge in [-0.05, 0) is 6.92 Å². The van der Waals surface area contributed by atoms with Crippen LogP contribution >= 0.6 is 7.29 Å². The van der Waals surface area contributed by atoms with E-state index in [1.54, 1.807) is 11.6 Å². The Bertz CT molecular complexity index is 964. The summed E-state index contributed by atoms with van der Waals surface area (Å²) in [6.07, 6.45) is 0. The van der Waals surface area contributed by atoms with Gasteiger partial charge in [0.25, 0.3) is 0 Å². The van der Waals surface area contributed by atoms with Crippen LogP contribution in [0.2, 0.25) is 0 Å². The van der Waals surface area contributed by atoms with Crippen molar-refractivity contribution in [3.8, 4) is 0 Å². The third kappa shape index (κ3) is 3.48. The molecular formula is C20H18N3O2P. The molecule has 6 heteroatoms. The zero-order chi connectivity index (χ0) is 18.0. The zero-order valence-corrected chi connectivity index (χ0v) is 15.1. The number of nitrogens with zero attached hydrogens (tertiary/aromatic N) is 1. The van der Waals surface area contributed by atoms with Crippen LogP contribution in [0, 0.1) is 6.92 Å². The maximum absolute atomic E-state index is 13.6. The lowest BCUT2D eigenvalue weighted by Gasteiger charge is -2.23. The van der Waals surface area contributed by atoms with Crippen molar-refractivity contribution in [3.63, 3.8) is 0 Å². The molecule has 1 aliphatic heterocycles. The van der Waals surface area contributed by atoms with Gasteiger partial charge in [0.1, 0.15) is 11.5 Å². The van der Waals surface area contributed by atoms with Gasteiger partial charge in [-0.1, -0.05) is 60.7 Å². The van der Waals surface area contributed by atoms with Gasteiger partial charge < -0.3 is 9.82 Å². The standard InChI is InChI=1S/C20H18N3O2P/c1-15-12-20(22-21-15)23-26(24)13-18(16-8-4-2-5-9-16)25-19(14-26)17-10-6-3-7-11-17/h2-14H,1H3,(H2,21,22,23,24). The molecule has 0 saturated carbocycles. The smallest absolute Gasteiger partial charge is 0.221 e. The Labute approximate surface area is 151 Å². The molecule has 0 aliphatic carbocycles. The first kappa shape index (κ1) is 16.4. The summed E-state index contributed by atoms with van der Waals surface area (Å²) in [7, 11) is -3.05. The summed E-state index contributed by atoms with van der Waals surface area (Å²) in [5.41, 5.74) is 2.63. The molecular weight excluding hydrogens is 345 g/mol. The summed E-state index contributed by atoms with van der Waals surface area (Å²) in [6, 6.07) is 21.1. The number of anilines is 1. The minimum atomic E-state index is -3.05. The Kier molecular flexibility index (Phi) is 4.23. The molecule has 2 heterocycles. The molecule has 1 aromatic heterocycles. The third-order valence-corrected chi connectivity index (χ3v) is 5.76. The fraction of sp³-hybridized carbons (Fsp3) is 0.0500. The lowest BCUT2D eigenvalue weighted by molar-refractivity contribution is 0.469. The van der Waals surface area contributed by atoms with Gasteiger partial charge in [0.15, 0.2) is 5.82 Å². The van der Waals surface area contributed by atoms with Gasteiger partial charge in [0, 0.05) is 34.5 Å². The Morgan fingerprint density at radius 1 is 0.923 bits per heavy atom. The predicted molar refractivity (Wildman–Crippen MR) is 104 cm³/mol. The van der Waals surface area contributed by atoms with Crippen LogP contribution in [0.15, 0.2) is 78.4 Å². The van der Waals surface area contributed by atoms with E-state index in [-0.39, 0.29) is 0 Å². The minimum absolute atomic E-state index is 0.542. The predicted octanol–water partition coefficient (Wildman–Crippen LogP) is 5.44. The Hall–Kier alpha value is -3.04. The van der Waals surface area contributed by atoms with E-state index >= 15 is 0 Å². The van der Waals surface area contributed by atoms with Crippen molar-refractivity contribution in [2.45, 2.75) is 6.92 Å². The quantitative estimate of drug-likeness (QED) is 0.606. The lowest BCUT2D eigenvalue weighted by atomic mass is 10.2. The van der Waals surface area contributed by atoms with Gasteiger partial charge in [0.05, 0.1) is 0 Å². The van der Waals surface area contributed by atoms with Gasteiger partial charge in [-0.3, -0.25) is 9.66 Å². The number of nitrogens with one attached hydrogen (secondary N) is 2. The molecule has 26 heavy (non-hydrogen) atoms. The van der Waals surface area contributed by atoms with Gasteiger partial charge in [-0.15, -0.1) is 0 Å². The van der Waals surface area contributed by atoms with Crippen LogP contribution in [0.25, 0.3) is 11.5 Å². The highest BCUT2D eigenvalue weighted by Gasteiger charge is 2.27. The minimum Gasteiger partial charge on any atom is -0.456 e. The van der Waals surface area contributed by atoms with E-state index < -0.39 is 7.29 Å². The second-order valence-corrected chi connectivity index (χ2v) is 8.24. The van der Waals surface area contributed by atoms with Gasteiger partial charge in [-0.2, -0.15) is 5.10 Å². The number of hydrogen-bond acceptors (Lipinski definition) is 3.